The average molecular weight is 298 g/mol. The van der Waals surface area contributed by atoms with Gasteiger partial charge >= 0.3 is 0 Å². The van der Waals surface area contributed by atoms with Crippen LogP contribution in [0.5, 0.6) is 0 Å². The number of hydrogen-bond donors (Lipinski definition) is 3. The Morgan fingerprint density at radius 1 is 1.45 bits per heavy atom. The van der Waals surface area contributed by atoms with E-state index in [9.17, 15) is 13.2 Å². The van der Waals surface area contributed by atoms with Gasteiger partial charge in [0.05, 0.1) is 5.69 Å². The van der Waals surface area contributed by atoms with Crippen LogP contribution in [-0.4, -0.2) is 31.9 Å². The van der Waals surface area contributed by atoms with Gasteiger partial charge in [0, 0.05) is 31.7 Å². The highest BCUT2D eigenvalue weighted by atomic mass is 32.2. The molecule has 1 aliphatic rings. The molecule has 1 aromatic rings. The first-order valence-electron chi connectivity index (χ1n) is 6.46. The molecule has 1 amide bonds. The van der Waals surface area contributed by atoms with Crippen molar-refractivity contribution < 1.29 is 13.2 Å². The molecule has 4 N–H and O–H groups in total. The van der Waals surface area contributed by atoms with E-state index >= 15 is 0 Å². The van der Waals surface area contributed by atoms with E-state index in [-0.39, 0.29) is 36.4 Å². The second kappa shape index (κ2) is 6.29. The van der Waals surface area contributed by atoms with Crippen molar-refractivity contribution >= 4 is 15.9 Å². The predicted octanol–water partition coefficient (Wildman–Crippen LogP) is -0.513. The highest BCUT2D eigenvalue weighted by Gasteiger charge is 2.23. The third-order valence-corrected chi connectivity index (χ3v) is 4.45. The molecule has 1 aliphatic carbocycles. The molecule has 1 aromatic heterocycles. The number of rotatable bonds is 7. The molecule has 2 rings (SSSR count). The number of carbonyl (C=O) groups is 1. The summed E-state index contributed by atoms with van der Waals surface area (Å²) in [7, 11) is -3.68. The van der Waals surface area contributed by atoms with Gasteiger partial charge in [-0.15, -0.1) is 0 Å². The SMILES string of the molecule is NCc1ncccc1S(=O)(=O)NCCC(=O)NC1CC1. The third-order valence-electron chi connectivity index (χ3n) is 2.92. The summed E-state index contributed by atoms with van der Waals surface area (Å²) in [6.45, 7) is 0.0963. The van der Waals surface area contributed by atoms with Crippen LogP contribution in [-0.2, 0) is 21.4 Å². The number of pyridine rings is 1. The normalized spacial score (nSPS) is 15.1. The fraction of sp³-hybridized carbons (Fsp3) is 0.500. The molecule has 0 unspecified atom stereocenters. The quantitative estimate of drug-likeness (QED) is 0.627. The van der Waals surface area contributed by atoms with Crippen LogP contribution in [0.25, 0.3) is 0 Å². The van der Waals surface area contributed by atoms with Crippen LogP contribution in [0.1, 0.15) is 25.0 Å². The van der Waals surface area contributed by atoms with E-state index < -0.39 is 10.0 Å². The number of nitrogens with two attached hydrogens (primary N) is 1. The Morgan fingerprint density at radius 2 is 2.20 bits per heavy atom. The Hall–Kier alpha value is -1.51. The molecule has 110 valence electrons. The second-order valence-electron chi connectivity index (χ2n) is 4.64. The highest BCUT2D eigenvalue weighted by molar-refractivity contribution is 7.89. The van der Waals surface area contributed by atoms with Crippen LogP contribution >= 0.6 is 0 Å². The summed E-state index contributed by atoms with van der Waals surface area (Å²) in [5.41, 5.74) is 5.77. The van der Waals surface area contributed by atoms with Crippen molar-refractivity contribution in [2.75, 3.05) is 6.54 Å². The van der Waals surface area contributed by atoms with Gasteiger partial charge < -0.3 is 11.1 Å². The first-order valence-corrected chi connectivity index (χ1v) is 7.94. The lowest BCUT2D eigenvalue weighted by Gasteiger charge is -2.09. The third kappa shape index (κ3) is 3.99. The Labute approximate surface area is 118 Å². The van der Waals surface area contributed by atoms with Crippen LogP contribution in [0, 0.1) is 0 Å². The smallest absolute Gasteiger partial charge is 0.242 e. The first kappa shape index (κ1) is 14.9. The molecule has 0 radical (unpaired) electrons. The number of aromatic nitrogens is 1. The van der Waals surface area contributed by atoms with Crippen LogP contribution in [0.3, 0.4) is 0 Å². The van der Waals surface area contributed by atoms with Gasteiger partial charge in [-0.3, -0.25) is 9.78 Å². The molecule has 0 saturated heterocycles. The minimum Gasteiger partial charge on any atom is -0.353 e. The molecule has 1 fully saturated rings. The number of sulfonamides is 1. The van der Waals surface area contributed by atoms with Gasteiger partial charge in [0.25, 0.3) is 0 Å². The molecule has 0 atom stereocenters. The summed E-state index contributed by atoms with van der Waals surface area (Å²) in [5, 5.41) is 2.80. The zero-order chi connectivity index (χ0) is 14.6. The number of carbonyl (C=O) groups excluding carboxylic acids is 1. The number of hydrogen-bond acceptors (Lipinski definition) is 5. The van der Waals surface area contributed by atoms with Gasteiger partial charge in [0.15, 0.2) is 0 Å². The topological polar surface area (TPSA) is 114 Å². The minimum absolute atomic E-state index is 0.0409. The number of amides is 1. The zero-order valence-corrected chi connectivity index (χ0v) is 11.8. The lowest BCUT2D eigenvalue weighted by molar-refractivity contribution is -0.121. The van der Waals surface area contributed by atoms with Gasteiger partial charge in [-0.2, -0.15) is 0 Å². The molecule has 1 saturated carbocycles. The molecule has 7 nitrogen and oxygen atoms in total. The summed E-state index contributed by atoms with van der Waals surface area (Å²) in [6, 6.07) is 3.26. The highest BCUT2D eigenvalue weighted by Crippen LogP contribution is 2.18. The Morgan fingerprint density at radius 3 is 2.85 bits per heavy atom. The lowest BCUT2D eigenvalue weighted by atomic mass is 10.3. The Bertz CT molecular complexity index is 584. The molecule has 8 heteroatoms. The van der Waals surface area contributed by atoms with E-state index in [1.54, 1.807) is 0 Å². The largest absolute Gasteiger partial charge is 0.353 e. The van der Waals surface area contributed by atoms with E-state index in [4.69, 9.17) is 5.73 Å². The van der Waals surface area contributed by atoms with Gasteiger partial charge in [-0.25, -0.2) is 13.1 Å². The second-order valence-corrected chi connectivity index (χ2v) is 6.38. The summed E-state index contributed by atoms with van der Waals surface area (Å²) >= 11 is 0. The average Bonchev–Trinajstić information content (AvgIpc) is 3.22. The molecular weight excluding hydrogens is 280 g/mol. The zero-order valence-electron chi connectivity index (χ0n) is 11.0. The molecular formula is C12H18N4O3S. The fourth-order valence-electron chi connectivity index (χ4n) is 1.73. The van der Waals surface area contributed by atoms with Gasteiger partial charge in [-0.05, 0) is 25.0 Å². The lowest BCUT2D eigenvalue weighted by Crippen LogP contribution is -2.32. The Kier molecular flexibility index (Phi) is 4.69. The van der Waals surface area contributed by atoms with E-state index in [1.165, 1.54) is 18.3 Å². The van der Waals surface area contributed by atoms with Crippen molar-refractivity contribution in [1.29, 1.82) is 0 Å². The maximum absolute atomic E-state index is 12.1. The number of nitrogens with zero attached hydrogens (tertiary/aromatic N) is 1. The first-order chi connectivity index (χ1) is 9.53. The van der Waals surface area contributed by atoms with E-state index in [1.807, 2.05) is 0 Å². The van der Waals surface area contributed by atoms with Crippen molar-refractivity contribution in [3.8, 4) is 0 Å². The standard InChI is InChI=1S/C12H18N4O3S/c13-8-10-11(2-1-6-14-10)20(18,19)15-7-5-12(17)16-9-3-4-9/h1-2,6,9,15H,3-5,7-8,13H2,(H,16,17). The van der Waals surface area contributed by atoms with Gasteiger partial charge in [0.1, 0.15) is 4.90 Å². The maximum Gasteiger partial charge on any atom is 0.242 e. The van der Waals surface area contributed by atoms with Crippen molar-refractivity contribution in [2.24, 2.45) is 5.73 Å². The van der Waals surface area contributed by atoms with Crippen molar-refractivity contribution in [3.05, 3.63) is 24.0 Å². The van der Waals surface area contributed by atoms with E-state index in [0.717, 1.165) is 12.8 Å². The molecule has 0 aromatic carbocycles. The predicted molar refractivity (Wildman–Crippen MR) is 73.1 cm³/mol. The molecule has 0 spiro atoms. The van der Waals surface area contributed by atoms with Crippen molar-refractivity contribution in [3.63, 3.8) is 0 Å². The molecule has 0 bridgehead atoms. The van der Waals surface area contributed by atoms with Crippen LogP contribution < -0.4 is 15.8 Å². The summed E-state index contributed by atoms with van der Waals surface area (Å²) in [5.74, 6) is -0.138. The van der Waals surface area contributed by atoms with Crippen LogP contribution in [0.4, 0.5) is 0 Å². The fourth-order valence-corrected chi connectivity index (χ4v) is 2.96. The van der Waals surface area contributed by atoms with E-state index in [2.05, 4.69) is 15.0 Å². The molecule has 1 heterocycles. The molecule has 0 aliphatic heterocycles. The van der Waals surface area contributed by atoms with Gasteiger partial charge in [0.2, 0.25) is 15.9 Å². The number of nitrogens with one attached hydrogen (secondary N) is 2. The van der Waals surface area contributed by atoms with Crippen LogP contribution in [0.15, 0.2) is 23.2 Å². The summed E-state index contributed by atoms with van der Waals surface area (Å²) in [6.07, 6.45) is 3.62. The summed E-state index contributed by atoms with van der Waals surface area (Å²) in [4.78, 5) is 15.5. The summed E-state index contributed by atoms with van der Waals surface area (Å²) < 4.78 is 26.6. The molecule has 20 heavy (non-hydrogen) atoms. The van der Waals surface area contributed by atoms with Crippen molar-refractivity contribution in [2.45, 2.75) is 36.7 Å². The van der Waals surface area contributed by atoms with E-state index in [0.29, 0.717) is 5.69 Å². The Balaban J connectivity index is 1.91. The van der Waals surface area contributed by atoms with Crippen LogP contribution in [0.2, 0.25) is 0 Å². The minimum atomic E-state index is -3.68. The van der Waals surface area contributed by atoms with Crippen molar-refractivity contribution in [1.82, 2.24) is 15.0 Å². The maximum atomic E-state index is 12.1. The monoisotopic (exact) mass is 298 g/mol. The van der Waals surface area contributed by atoms with Gasteiger partial charge in [-0.1, -0.05) is 0 Å².